The van der Waals surface area contributed by atoms with Crippen LogP contribution in [-0.4, -0.2) is 34.2 Å². The van der Waals surface area contributed by atoms with Crippen LogP contribution in [0.2, 0.25) is 0 Å². The number of carboxylic acids is 1. The molecule has 0 aliphatic carbocycles. The molecule has 2 N–H and O–H groups in total. The number of likely N-dealkylation sites (N-methyl/N-ethyl adjacent to an activating group) is 1. The Balaban J connectivity index is 3.81. The fraction of sp³-hybridized carbons (Fsp3) is 0.917. The van der Waals surface area contributed by atoms with Gasteiger partial charge in [-0.15, -0.1) is 0 Å². The van der Waals surface area contributed by atoms with E-state index < -0.39 is 11.5 Å². The molecule has 0 aliphatic heterocycles. The van der Waals surface area contributed by atoms with E-state index in [9.17, 15) is 4.79 Å². The van der Waals surface area contributed by atoms with Gasteiger partial charge in [0.15, 0.2) is 0 Å². The average molecular weight is 247 g/mol. The molecule has 0 heterocycles. The molecular formula is C12H25NO2S. The lowest BCUT2D eigenvalue weighted by Crippen LogP contribution is -2.49. The van der Waals surface area contributed by atoms with Gasteiger partial charge < -0.3 is 10.4 Å². The summed E-state index contributed by atoms with van der Waals surface area (Å²) in [5.74, 6) is 0.380. The Hall–Kier alpha value is -0.220. The van der Waals surface area contributed by atoms with Crippen LogP contribution in [0.3, 0.4) is 0 Å². The predicted molar refractivity (Wildman–Crippen MR) is 71.2 cm³/mol. The van der Waals surface area contributed by atoms with Crippen molar-refractivity contribution < 1.29 is 9.90 Å². The van der Waals surface area contributed by atoms with Crippen LogP contribution in [0.5, 0.6) is 0 Å². The third-order valence-corrected chi connectivity index (χ3v) is 3.75. The number of rotatable bonds is 9. The van der Waals surface area contributed by atoms with E-state index >= 15 is 0 Å². The second-order valence-corrected chi connectivity index (χ2v) is 6.23. The van der Waals surface area contributed by atoms with Gasteiger partial charge in [0.2, 0.25) is 0 Å². The van der Waals surface area contributed by atoms with Crippen molar-refractivity contribution >= 4 is 17.7 Å². The van der Waals surface area contributed by atoms with Gasteiger partial charge in [-0.3, -0.25) is 4.79 Å². The lowest BCUT2D eigenvalue weighted by atomic mass is 9.95. The minimum absolute atomic E-state index is 0.666. The van der Waals surface area contributed by atoms with Gasteiger partial charge in [0, 0.05) is 0 Å². The summed E-state index contributed by atoms with van der Waals surface area (Å²) in [6.45, 7) is 8.78. The van der Waals surface area contributed by atoms with Gasteiger partial charge in [0.25, 0.3) is 0 Å². The van der Waals surface area contributed by atoms with Gasteiger partial charge in [-0.1, -0.05) is 27.2 Å². The highest BCUT2D eigenvalue weighted by Crippen LogP contribution is 2.17. The number of carboxylic acid groups (broad SMARTS) is 1. The van der Waals surface area contributed by atoms with Crippen LogP contribution in [0.25, 0.3) is 0 Å². The van der Waals surface area contributed by atoms with Crippen LogP contribution >= 0.6 is 11.8 Å². The number of thioether (sulfide) groups is 1. The Bertz CT molecular complexity index is 209. The minimum atomic E-state index is -0.753. The van der Waals surface area contributed by atoms with Crippen molar-refractivity contribution in [2.24, 2.45) is 0 Å². The molecular weight excluding hydrogens is 222 g/mol. The summed E-state index contributed by atoms with van der Waals surface area (Å²) < 4.78 is 0. The van der Waals surface area contributed by atoms with Crippen molar-refractivity contribution in [1.82, 2.24) is 5.32 Å². The van der Waals surface area contributed by atoms with Crippen molar-refractivity contribution in [1.29, 1.82) is 0 Å². The van der Waals surface area contributed by atoms with Crippen LogP contribution in [0.1, 0.15) is 47.0 Å². The molecule has 1 unspecified atom stereocenters. The molecule has 0 saturated carbocycles. The smallest absolute Gasteiger partial charge is 0.323 e. The lowest BCUT2D eigenvalue weighted by Gasteiger charge is -2.25. The molecule has 0 radical (unpaired) electrons. The van der Waals surface area contributed by atoms with Crippen molar-refractivity contribution in [2.75, 3.05) is 12.3 Å². The molecule has 0 spiro atoms. The molecule has 3 nitrogen and oxygen atoms in total. The molecule has 4 heteroatoms. The summed E-state index contributed by atoms with van der Waals surface area (Å²) in [4.78, 5) is 11.1. The van der Waals surface area contributed by atoms with Crippen LogP contribution in [0.4, 0.5) is 0 Å². The molecule has 0 bridgehead atoms. The molecule has 0 fully saturated rings. The fourth-order valence-corrected chi connectivity index (χ4v) is 2.40. The van der Waals surface area contributed by atoms with Gasteiger partial charge in [0.1, 0.15) is 5.54 Å². The molecule has 0 aliphatic rings. The van der Waals surface area contributed by atoms with Crippen LogP contribution in [0.15, 0.2) is 0 Å². The van der Waals surface area contributed by atoms with Crippen LogP contribution < -0.4 is 5.32 Å². The maximum Gasteiger partial charge on any atom is 0.323 e. The number of hydrogen-bond donors (Lipinski definition) is 2. The monoisotopic (exact) mass is 247 g/mol. The van der Waals surface area contributed by atoms with E-state index in [0.717, 1.165) is 18.6 Å². The highest BCUT2D eigenvalue weighted by atomic mass is 32.2. The summed E-state index contributed by atoms with van der Waals surface area (Å²) in [5, 5.41) is 12.9. The number of nitrogens with one attached hydrogen (secondary N) is 1. The minimum Gasteiger partial charge on any atom is -0.480 e. The van der Waals surface area contributed by atoms with Crippen LogP contribution in [-0.2, 0) is 4.79 Å². The summed E-state index contributed by atoms with van der Waals surface area (Å²) >= 11 is 1.94. The van der Waals surface area contributed by atoms with Gasteiger partial charge in [-0.25, -0.2) is 0 Å². The number of hydrogen-bond acceptors (Lipinski definition) is 3. The maximum atomic E-state index is 11.1. The largest absolute Gasteiger partial charge is 0.480 e. The first-order valence-corrected chi connectivity index (χ1v) is 7.07. The average Bonchev–Trinajstić information content (AvgIpc) is 2.17. The van der Waals surface area contributed by atoms with E-state index in [0.29, 0.717) is 18.2 Å². The molecule has 0 saturated heterocycles. The molecule has 0 amide bonds. The highest BCUT2D eigenvalue weighted by molar-refractivity contribution is 7.99. The van der Waals surface area contributed by atoms with E-state index in [4.69, 9.17) is 5.11 Å². The first kappa shape index (κ1) is 15.8. The highest BCUT2D eigenvalue weighted by Gasteiger charge is 2.30. The molecule has 1 atom stereocenters. The Morgan fingerprint density at radius 3 is 2.50 bits per heavy atom. The predicted octanol–water partition coefficient (Wildman–Crippen LogP) is 2.75. The summed E-state index contributed by atoms with van der Waals surface area (Å²) in [5.41, 5.74) is -0.753. The summed E-state index contributed by atoms with van der Waals surface area (Å²) in [6.07, 6.45) is 2.77. The van der Waals surface area contributed by atoms with Crippen molar-refractivity contribution in [3.8, 4) is 0 Å². The Morgan fingerprint density at radius 2 is 2.06 bits per heavy atom. The van der Waals surface area contributed by atoms with Gasteiger partial charge in [-0.05, 0) is 37.3 Å². The number of aliphatic carboxylic acids is 1. The summed E-state index contributed by atoms with van der Waals surface area (Å²) in [7, 11) is 0. The Labute approximate surface area is 103 Å². The zero-order valence-electron chi connectivity index (χ0n) is 10.9. The van der Waals surface area contributed by atoms with E-state index in [1.165, 1.54) is 0 Å². The van der Waals surface area contributed by atoms with E-state index in [2.05, 4.69) is 19.2 Å². The quantitative estimate of drug-likeness (QED) is 0.615. The maximum absolute atomic E-state index is 11.1. The zero-order chi connectivity index (χ0) is 12.6. The normalized spacial score (nSPS) is 15.1. The topological polar surface area (TPSA) is 49.3 Å². The van der Waals surface area contributed by atoms with Gasteiger partial charge in [-0.2, -0.15) is 11.8 Å². The van der Waals surface area contributed by atoms with E-state index in [1.807, 2.05) is 18.7 Å². The molecule has 0 rings (SSSR count). The second-order valence-electron chi connectivity index (χ2n) is 4.54. The fourth-order valence-electron chi connectivity index (χ4n) is 1.56. The first-order chi connectivity index (χ1) is 7.42. The van der Waals surface area contributed by atoms with Crippen molar-refractivity contribution in [3.63, 3.8) is 0 Å². The van der Waals surface area contributed by atoms with E-state index in [-0.39, 0.29) is 0 Å². The zero-order valence-corrected chi connectivity index (χ0v) is 11.7. The standard InChI is InChI=1S/C12H25NO2S/c1-5-13-12(4,11(14)15)8-6-7-9-16-10(2)3/h10,13H,5-9H2,1-4H3,(H,14,15). The first-order valence-electron chi connectivity index (χ1n) is 6.02. The van der Waals surface area contributed by atoms with Gasteiger partial charge in [0.05, 0.1) is 0 Å². The molecule has 96 valence electrons. The summed E-state index contributed by atoms with van der Waals surface area (Å²) in [6, 6.07) is 0. The van der Waals surface area contributed by atoms with E-state index in [1.54, 1.807) is 6.92 Å². The molecule has 0 aromatic rings. The molecule has 0 aromatic heterocycles. The van der Waals surface area contributed by atoms with Gasteiger partial charge >= 0.3 is 5.97 Å². The SMILES string of the molecule is CCNC(C)(CCCCSC(C)C)C(=O)O. The van der Waals surface area contributed by atoms with Crippen molar-refractivity contribution in [3.05, 3.63) is 0 Å². The third-order valence-electron chi connectivity index (χ3n) is 2.56. The number of unbranched alkanes of at least 4 members (excludes halogenated alkanes) is 1. The second kappa shape index (κ2) is 7.96. The number of carbonyl (C=O) groups is 1. The third kappa shape index (κ3) is 6.38. The van der Waals surface area contributed by atoms with Crippen molar-refractivity contribution in [2.45, 2.75) is 57.7 Å². The molecule has 16 heavy (non-hydrogen) atoms. The lowest BCUT2D eigenvalue weighted by molar-refractivity contribution is -0.144. The van der Waals surface area contributed by atoms with Crippen LogP contribution in [0, 0.1) is 0 Å². The molecule has 0 aromatic carbocycles. The Morgan fingerprint density at radius 1 is 1.44 bits per heavy atom. The Kier molecular flexibility index (Phi) is 7.85.